The van der Waals surface area contributed by atoms with Gasteiger partial charge in [0.05, 0.1) is 34.4 Å². The third kappa shape index (κ3) is 2.15. The summed E-state index contributed by atoms with van der Waals surface area (Å²) in [5.41, 5.74) is 3.21. The van der Waals surface area contributed by atoms with Gasteiger partial charge in [-0.3, -0.25) is 20.0 Å². The Hall–Kier alpha value is -3.16. The van der Waals surface area contributed by atoms with Crippen LogP contribution in [0.4, 0.5) is 5.69 Å². The van der Waals surface area contributed by atoms with Gasteiger partial charge in [-0.05, 0) is 18.1 Å². The van der Waals surface area contributed by atoms with Crippen molar-refractivity contribution >= 4 is 22.5 Å². The molecule has 0 atom stereocenters. The molecule has 0 spiro atoms. The molecule has 8 nitrogen and oxygen atoms in total. The maximum Gasteiger partial charge on any atom is 0.271 e. The minimum atomic E-state index is -0.452. The van der Waals surface area contributed by atoms with Gasteiger partial charge in [0, 0.05) is 30.3 Å². The number of hydrogen-bond donors (Lipinski definition) is 2. The molecular weight excluding hydrogens is 298 g/mol. The second-order valence-corrected chi connectivity index (χ2v) is 5.54. The Morgan fingerprint density at radius 1 is 1.39 bits per heavy atom. The number of aromatic nitrogens is 3. The summed E-state index contributed by atoms with van der Waals surface area (Å²) >= 11 is 0. The number of nitro benzene ring substituents is 1. The summed E-state index contributed by atoms with van der Waals surface area (Å²) in [6.07, 6.45) is 4.17. The maximum atomic E-state index is 12.8. The van der Waals surface area contributed by atoms with Crippen molar-refractivity contribution in [2.45, 2.75) is 13.0 Å². The Morgan fingerprint density at radius 3 is 3.09 bits per heavy atom. The van der Waals surface area contributed by atoms with Crippen LogP contribution in [-0.4, -0.2) is 37.5 Å². The van der Waals surface area contributed by atoms with Crippen molar-refractivity contribution in [3.8, 4) is 0 Å². The summed E-state index contributed by atoms with van der Waals surface area (Å²) in [7, 11) is 0. The molecule has 1 amide bonds. The smallest absolute Gasteiger partial charge is 0.271 e. The monoisotopic (exact) mass is 311 g/mol. The minimum Gasteiger partial charge on any atom is -0.360 e. The van der Waals surface area contributed by atoms with Gasteiger partial charge in [0.15, 0.2) is 0 Å². The number of non-ortho nitro benzene ring substituents is 1. The largest absolute Gasteiger partial charge is 0.360 e. The number of fused-ring (bicyclic) bond motifs is 2. The molecule has 2 aromatic heterocycles. The number of hydrogen-bond acceptors (Lipinski definition) is 4. The van der Waals surface area contributed by atoms with Gasteiger partial charge in [-0.2, -0.15) is 5.10 Å². The van der Waals surface area contributed by atoms with Gasteiger partial charge in [-0.1, -0.05) is 0 Å². The molecule has 23 heavy (non-hydrogen) atoms. The number of nitrogens with one attached hydrogen (secondary N) is 2. The van der Waals surface area contributed by atoms with Crippen molar-refractivity contribution < 1.29 is 9.72 Å². The highest BCUT2D eigenvalue weighted by atomic mass is 16.6. The van der Waals surface area contributed by atoms with Crippen LogP contribution in [0.3, 0.4) is 0 Å². The fourth-order valence-electron chi connectivity index (χ4n) is 2.96. The zero-order chi connectivity index (χ0) is 16.0. The van der Waals surface area contributed by atoms with E-state index in [9.17, 15) is 14.9 Å². The van der Waals surface area contributed by atoms with E-state index in [-0.39, 0.29) is 11.6 Å². The SMILES string of the molecule is O=C(c1c[nH]c2cc([N+](=O)[O-])ccc12)N1CCc2cn[nH]c2C1. The molecule has 4 rings (SSSR count). The number of rotatable bonds is 2. The summed E-state index contributed by atoms with van der Waals surface area (Å²) in [6, 6.07) is 4.47. The molecule has 1 aromatic carbocycles. The van der Waals surface area contributed by atoms with Gasteiger partial charge in [0.1, 0.15) is 0 Å². The van der Waals surface area contributed by atoms with Gasteiger partial charge < -0.3 is 9.88 Å². The molecule has 0 saturated heterocycles. The third-order valence-corrected chi connectivity index (χ3v) is 4.20. The first-order chi connectivity index (χ1) is 11.1. The van der Waals surface area contributed by atoms with Gasteiger partial charge in [-0.25, -0.2) is 0 Å². The molecule has 0 saturated carbocycles. The van der Waals surface area contributed by atoms with Crippen molar-refractivity contribution in [1.82, 2.24) is 20.1 Å². The predicted molar refractivity (Wildman–Crippen MR) is 82.0 cm³/mol. The number of aromatic amines is 2. The lowest BCUT2D eigenvalue weighted by Gasteiger charge is -2.26. The van der Waals surface area contributed by atoms with E-state index in [4.69, 9.17) is 0 Å². The Labute approximate surface area is 130 Å². The van der Waals surface area contributed by atoms with Gasteiger partial charge in [0.2, 0.25) is 0 Å². The lowest BCUT2D eigenvalue weighted by molar-refractivity contribution is -0.384. The standard InChI is InChI=1S/C15H13N5O3/c21-15(19-4-3-9-6-17-18-14(9)8-19)12-7-16-13-5-10(20(22)23)1-2-11(12)13/h1-2,5-7,16H,3-4,8H2,(H,17,18). The molecule has 3 aromatic rings. The average Bonchev–Trinajstić information content (AvgIpc) is 3.19. The molecule has 1 aliphatic rings. The van der Waals surface area contributed by atoms with E-state index in [1.807, 2.05) is 0 Å². The Balaban J connectivity index is 1.67. The molecule has 3 heterocycles. The molecule has 0 aliphatic carbocycles. The van der Waals surface area contributed by atoms with Crippen molar-refractivity contribution in [1.29, 1.82) is 0 Å². The highest BCUT2D eigenvalue weighted by Crippen LogP contribution is 2.26. The minimum absolute atomic E-state index is 0.00146. The molecule has 116 valence electrons. The second kappa shape index (κ2) is 4.94. The molecule has 2 N–H and O–H groups in total. The summed E-state index contributed by atoms with van der Waals surface area (Å²) in [4.78, 5) is 27.8. The third-order valence-electron chi connectivity index (χ3n) is 4.20. The fraction of sp³-hybridized carbons (Fsp3) is 0.200. The molecule has 0 fully saturated rings. The van der Waals surface area contributed by atoms with E-state index in [1.54, 1.807) is 23.4 Å². The van der Waals surface area contributed by atoms with Crippen molar-refractivity contribution in [3.63, 3.8) is 0 Å². The van der Waals surface area contributed by atoms with Gasteiger partial charge in [0.25, 0.3) is 11.6 Å². The van der Waals surface area contributed by atoms with E-state index < -0.39 is 4.92 Å². The molecule has 8 heteroatoms. The first-order valence-corrected chi connectivity index (χ1v) is 7.19. The quantitative estimate of drug-likeness (QED) is 0.557. The van der Waals surface area contributed by atoms with Crippen LogP contribution in [0, 0.1) is 10.1 Å². The van der Waals surface area contributed by atoms with Gasteiger partial charge in [-0.15, -0.1) is 0 Å². The Kier molecular flexibility index (Phi) is 2.90. The zero-order valence-electron chi connectivity index (χ0n) is 12.1. The Bertz CT molecular complexity index is 926. The van der Waals surface area contributed by atoms with Crippen LogP contribution >= 0.6 is 0 Å². The van der Waals surface area contributed by atoms with E-state index in [1.165, 1.54) is 12.1 Å². The van der Waals surface area contributed by atoms with Crippen LogP contribution in [-0.2, 0) is 13.0 Å². The van der Waals surface area contributed by atoms with Crippen molar-refractivity contribution in [3.05, 3.63) is 57.5 Å². The number of carbonyl (C=O) groups is 1. The lowest BCUT2D eigenvalue weighted by atomic mass is 10.1. The molecule has 0 unspecified atom stereocenters. The average molecular weight is 311 g/mol. The van der Waals surface area contributed by atoms with Crippen molar-refractivity contribution in [2.75, 3.05) is 6.54 Å². The molecule has 0 bridgehead atoms. The molecule has 1 aliphatic heterocycles. The number of carbonyl (C=O) groups excluding carboxylic acids is 1. The fourth-order valence-corrected chi connectivity index (χ4v) is 2.96. The topological polar surface area (TPSA) is 108 Å². The van der Waals surface area contributed by atoms with E-state index in [0.717, 1.165) is 17.7 Å². The van der Waals surface area contributed by atoms with Gasteiger partial charge >= 0.3 is 0 Å². The van der Waals surface area contributed by atoms with E-state index in [0.29, 0.717) is 29.6 Å². The molecular formula is C15H13N5O3. The van der Waals surface area contributed by atoms with Crippen LogP contribution in [0.5, 0.6) is 0 Å². The van der Waals surface area contributed by atoms with Crippen LogP contribution in [0.25, 0.3) is 10.9 Å². The predicted octanol–water partition coefficient (Wildman–Crippen LogP) is 2.00. The normalized spacial score (nSPS) is 14.0. The number of amides is 1. The zero-order valence-corrected chi connectivity index (χ0v) is 12.1. The molecule has 0 radical (unpaired) electrons. The number of H-pyrrole nitrogens is 2. The summed E-state index contributed by atoms with van der Waals surface area (Å²) < 4.78 is 0. The summed E-state index contributed by atoms with van der Waals surface area (Å²) in [6.45, 7) is 1.12. The number of benzene rings is 1. The number of nitro groups is 1. The highest BCUT2D eigenvalue weighted by Gasteiger charge is 2.25. The first kappa shape index (κ1) is 13.5. The maximum absolute atomic E-state index is 12.8. The van der Waals surface area contributed by atoms with E-state index >= 15 is 0 Å². The summed E-state index contributed by atoms with van der Waals surface area (Å²) in [5.74, 6) is -0.0923. The second-order valence-electron chi connectivity index (χ2n) is 5.54. The van der Waals surface area contributed by atoms with Crippen molar-refractivity contribution in [2.24, 2.45) is 0 Å². The summed E-state index contributed by atoms with van der Waals surface area (Å²) in [5, 5.41) is 18.4. The van der Waals surface area contributed by atoms with Crippen LogP contribution in [0.15, 0.2) is 30.6 Å². The number of nitrogens with zero attached hydrogens (tertiary/aromatic N) is 3. The van der Waals surface area contributed by atoms with Crippen LogP contribution < -0.4 is 0 Å². The van der Waals surface area contributed by atoms with E-state index in [2.05, 4.69) is 15.2 Å². The Morgan fingerprint density at radius 2 is 2.26 bits per heavy atom. The highest BCUT2D eigenvalue weighted by molar-refractivity contribution is 6.07. The lowest BCUT2D eigenvalue weighted by Crippen LogP contribution is -2.35. The van der Waals surface area contributed by atoms with Crippen LogP contribution in [0.2, 0.25) is 0 Å². The van der Waals surface area contributed by atoms with Crippen LogP contribution in [0.1, 0.15) is 21.6 Å². The first-order valence-electron chi connectivity index (χ1n) is 7.19.